The van der Waals surface area contributed by atoms with E-state index in [0.29, 0.717) is 17.7 Å². The first-order valence-electron chi connectivity index (χ1n) is 15.0. The number of rotatable bonds is 9. The van der Waals surface area contributed by atoms with Gasteiger partial charge in [-0.15, -0.1) is 11.8 Å². The maximum absolute atomic E-state index is 14.6. The molecule has 234 valence electrons. The van der Waals surface area contributed by atoms with Gasteiger partial charge in [-0.05, 0) is 73.2 Å². The summed E-state index contributed by atoms with van der Waals surface area (Å²) >= 11 is 7.67. The Kier molecular flexibility index (Phi) is 9.52. The Hall–Kier alpha value is -5.18. The first-order valence-corrected chi connectivity index (χ1v) is 16.2. The van der Waals surface area contributed by atoms with Crippen LogP contribution in [-0.4, -0.2) is 27.5 Å². The fourth-order valence-corrected chi connectivity index (χ4v) is 6.54. The van der Waals surface area contributed by atoms with Crippen LogP contribution in [0.3, 0.4) is 0 Å². The van der Waals surface area contributed by atoms with E-state index in [0.717, 1.165) is 26.7 Å². The van der Waals surface area contributed by atoms with Crippen molar-refractivity contribution in [2.24, 2.45) is 0 Å². The molecule has 0 aliphatic carbocycles. The van der Waals surface area contributed by atoms with Crippen LogP contribution in [0.25, 0.3) is 27.9 Å². The first kappa shape index (κ1) is 31.8. The third-order valence-electron chi connectivity index (χ3n) is 7.65. The zero-order chi connectivity index (χ0) is 32.9. The van der Waals surface area contributed by atoms with Crippen molar-refractivity contribution in [1.29, 1.82) is 0 Å². The summed E-state index contributed by atoms with van der Waals surface area (Å²) in [6, 6.07) is 35.4. The molecule has 0 saturated heterocycles. The molecule has 2 amide bonds. The predicted octanol–water partition coefficient (Wildman–Crippen LogP) is 9.21. The van der Waals surface area contributed by atoms with Crippen molar-refractivity contribution in [1.82, 2.24) is 9.88 Å². The lowest BCUT2D eigenvalue weighted by Gasteiger charge is -2.16. The standard InChI is InChI=1S/C38H29ClFN3O3S/c1-2-35(38(46)43-33-17-8-6-13-27(33)28-14-7-9-18-34(28)43)47-26-21-19-25(20-22-26)41-37(45)32(23-29-30(39)15-10-16-31(29)40)42-36(44)24-11-4-3-5-12-24/h3-23,35H,2H2,1H3,(H,41,45)(H,42,44)/b32-23-. The summed E-state index contributed by atoms with van der Waals surface area (Å²) < 4.78 is 16.4. The average molecular weight is 662 g/mol. The zero-order valence-corrected chi connectivity index (χ0v) is 26.8. The third kappa shape index (κ3) is 6.84. The van der Waals surface area contributed by atoms with Gasteiger partial charge in [0.25, 0.3) is 11.8 Å². The molecule has 1 aromatic heterocycles. The summed E-state index contributed by atoms with van der Waals surface area (Å²) in [5, 5.41) is 7.15. The lowest BCUT2D eigenvalue weighted by Crippen LogP contribution is -2.30. The summed E-state index contributed by atoms with van der Waals surface area (Å²) in [6.45, 7) is 1.98. The fraction of sp³-hybridized carbons (Fsp3) is 0.0789. The second-order valence-electron chi connectivity index (χ2n) is 10.7. The van der Waals surface area contributed by atoms with E-state index in [-0.39, 0.29) is 27.4 Å². The molecule has 47 heavy (non-hydrogen) atoms. The van der Waals surface area contributed by atoms with E-state index < -0.39 is 17.6 Å². The number of benzene rings is 5. The molecule has 2 N–H and O–H groups in total. The van der Waals surface area contributed by atoms with E-state index in [4.69, 9.17) is 11.6 Å². The Morgan fingerprint density at radius 1 is 0.809 bits per heavy atom. The number of halogens is 2. The molecule has 0 saturated carbocycles. The van der Waals surface area contributed by atoms with Gasteiger partial charge < -0.3 is 10.6 Å². The molecule has 0 spiro atoms. The second-order valence-corrected chi connectivity index (χ2v) is 12.4. The summed E-state index contributed by atoms with van der Waals surface area (Å²) in [4.78, 5) is 41.2. The Bertz CT molecular complexity index is 2070. The molecule has 6 aromatic rings. The van der Waals surface area contributed by atoms with Crippen molar-refractivity contribution in [2.75, 3.05) is 5.32 Å². The number of amides is 2. The second kappa shape index (κ2) is 14.1. The molecule has 1 heterocycles. The summed E-state index contributed by atoms with van der Waals surface area (Å²) in [7, 11) is 0. The van der Waals surface area contributed by atoms with Gasteiger partial charge >= 0.3 is 0 Å². The molecule has 5 aromatic carbocycles. The monoisotopic (exact) mass is 661 g/mol. The highest BCUT2D eigenvalue weighted by Crippen LogP contribution is 2.33. The van der Waals surface area contributed by atoms with Crippen LogP contribution < -0.4 is 10.6 Å². The number of nitrogens with zero attached hydrogens (tertiary/aromatic N) is 1. The van der Waals surface area contributed by atoms with Gasteiger partial charge in [-0.2, -0.15) is 0 Å². The number of nitrogens with one attached hydrogen (secondary N) is 2. The van der Waals surface area contributed by atoms with E-state index in [1.54, 1.807) is 47.0 Å². The molecule has 1 atom stereocenters. The molecule has 6 rings (SSSR count). The van der Waals surface area contributed by atoms with Crippen LogP contribution in [0.4, 0.5) is 10.1 Å². The minimum Gasteiger partial charge on any atom is -0.321 e. The first-order chi connectivity index (χ1) is 22.8. The predicted molar refractivity (Wildman–Crippen MR) is 188 cm³/mol. The van der Waals surface area contributed by atoms with Gasteiger partial charge in [0.15, 0.2) is 0 Å². The Labute approximate surface area is 280 Å². The molecule has 1 unspecified atom stereocenters. The van der Waals surface area contributed by atoms with Crippen LogP contribution in [0.5, 0.6) is 0 Å². The summed E-state index contributed by atoms with van der Waals surface area (Å²) in [6.07, 6.45) is 1.82. The number of carbonyl (C=O) groups excluding carboxylic acids is 3. The number of para-hydroxylation sites is 2. The quantitative estimate of drug-likeness (QED) is 0.120. The molecule has 6 nitrogen and oxygen atoms in total. The third-order valence-corrected chi connectivity index (χ3v) is 9.35. The maximum atomic E-state index is 14.6. The summed E-state index contributed by atoms with van der Waals surface area (Å²) in [5.74, 6) is -1.85. The van der Waals surface area contributed by atoms with E-state index in [1.807, 2.05) is 67.6 Å². The van der Waals surface area contributed by atoms with E-state index >= 15 is 0 Å². The minimum atomic E-state index is -0.665. The molecule has 0 bridgehead atoms. The fourth-order valence-electron chi connectivity index (χ4n) is 5.33. The number of fused-ring (bicyclic) bond motifs is 3. The lowest BCUT2D eigenvalue weighted by atomic mass is 10.1. The smallest absolute Gasteiger partial charge is 0.272 e. The van der Waals surface area contributed by atoms with Gasteiger partial charge in [-0.25, -0.2) is 4.39 Å². The largest absolute Gasteiger partial charge is 0.321 e. The van der Waals surface area contributed by atoms with Crippen molar-refractivity contribution in [3.8, 4) is 0 Å². The normalized spacial score (nSPS) is 12.2. The zero-order valence-electron chi connectivity index (χ0n) is 25.2. The van der Waals surface area contributed by atoms with Crippen LogP contribution in [0, 0.1) is 5.82 Å². The van der Waals surface area contributed by atoms with Gasteiger partial charge in [0, 0.05) is 32.5 Å². The number of anilines is 1. The molecule has 9 heteroatoms. The van der Waals surface area contributed by atoms with Crippen molar-refractivity contribution in [3.05, 3.63) is 149 Å². The molecule has 0 fully saturated rings. The van der Waals surface area contributed by atoms with Crippen LogP contribution in [-0.2, 0) is 4.79 Å². The Morgan fingerprint density at radius 3 is 2.04 bits per heavy atom. The van der Waals surface area contributed by atoms with E-state index in [2.05, 4.69) is 10.6 Å². The molecule has 0 aliphatic heterocycles. The number of aromatic nitrogens is 1. The van der Waals surface area contributed by atoms with Crippen molar-refractivity contribution >= 4 is 74.7 Å². The average Bonchev–Trinajstić information content (AvgIpc) is 3.43. The van der Waals surface area contributed by atoms with Crippen LogP contribution in [0.1, 0.15) is 34.1 Å². The minimum absolute atomic E-state index is 0.0111. The topological polar surface area (TPSA) is 80.2 Å². The van der Waals surface area contributed by atoms with Crippen LogP contribution in [0.15, 0.2) is 132 Å². The Morgan fingerprint density at radius 2 is 1.43 bits per heavy atom. The van der Waals surface area contributed by atoms with Gasteiger partial charge in [-0.3, -0.25) is 19.0 Å². The highest BCUT2D eigenvalue weighted by Gasteiger charge is 2.24. The molecule has 0 aliphatic rings. The van der Waals surface area contributed by atoms with E-state index in [1.165, 1.54) is 36.0 Å². The molecular weight excluding hydrogens is 633 g/mol. The molecule has 0 radical (unpaired) electrons. The highest BCUT2D eigenvalue weighted by molar-refractivity contribution is 8.00. The van der Waals surface area contributed by atoms with Crippen molar-refractivity contribution in [3.63, 3.8) is 0 Å². The maximum Gasteiger partial charge on any atom is 0.272 e. The number of hydrogen-bond acceptors (Lipinski definition) is 4. The van der Waals surface area contributed by atoms with Crippen LogP contribution >= 0.6 is 23.4 Å². The van der Waals surface area contributed by atoms with Crippen molar-refractivity contribution in [2.45, 2.75) is 23.5 Å². The number of hydrogen-bond donors (Lipinski definition) is 2. The Balaban J connectivity index is 1.21. The van der Waals surface area contributed by atoms with Gasteiger partial charge in [0.05, 0.1) is 21.3 Å². The van der Waals surface area contributed by atoms with Gasteiger partial charge in [0.2, 0.25) is 5.91 Å². The van der Waals surface area contributed by atoms with Crippen LogP contribution in [0.2, 0.25) is 5.02 Å². The number of carbonyl (C=O) groups is 3. The summed E-state index contributed by atoms with van der Waals surface area (Å²) in [5.41, 5.74) is 2.30. The van der Waals surface area contributed by atoms with Gasteiger partial charge in [-0.1, -0.05) is 79.2 Å². The highest BCUT2D eigenvalue weighted by atomic mass is 35.5. The SMILES string of the molecule is CCC(Sc1ccc(NC(=O)/C(=C/c2c(F)cccc2Cl)NC(=O)c2ccccc2)cc1)C(=O)n1c2ccccc2c2ccccc21. The number of thioether (sulfide) groups is 1. The lowest BCUT2D eigenvalue weighted by molar-refractivity contribution is -0.113. The van der Waals surface area contributed by atoms with E-state index in [9.17, 15) is 18.8 Å². The molecular formula is C38H29ClFN3O3S. The van der Waals surface area contributed by atoms with Gasteiger partial charge in [0.1, 0.15) is 11.5 Å². The van der Waals surface area contributed by atoms with Crippen molar-refractivity contribution < 1.29 is 18.8 Å².